The van der Waals surface area contributed by atoms with Crippen LogP contribution in [0.25, 0.3) is 0 Å². The molecule has 0 aromatic heterocycles. The first-order valence-electron chi connectivity index (χ1n) is 23.7. The summed E-state index contributed by atoms with van der Waals surface area (Å²) in [6.07, 6.45) is 11.3. The first-order valence-corrected chi connectivity index (χ1v) is 24.7. The number of amides is 1. The standard InChI is InChI=1S/C50H77IN2O12/c1-29-15-11-10-12-16-30(2)41(55)27-37-20-18-35(7)50(61,65-37)47(58)48(59)53-22-14-13-17-39(53)49(60)64-42(32(4)25-36-19-21-40(54)43(26-36)62-8)28-38(52-51)31(3)24-34(6)45(57)46(63-9)44(56)33(5)23-29/h10-12,15-16,24,29,31-33,35-37,39-43,45-46,54-55,57,61H,13-14,17-23,25-28H2,1-9H3/b12-10+,15-11+,30-16+,34-24+,52-38-/t29-,31-,32-,33-,35-,36+,37+,39+,40-,41+,42+,43-,45-,46+,50-/m1/s1. The Morgan fingerprint density at radius 1 is 0.908 bits per heavy atom. The van der Waals surface area contributed by atoms with Crippen LogP contribution < -0.4 is 0 Å². The summed E-state index contributed by atoms with van der Waals surface area (Å²) in [5, 5.41) is 45.1. The highest BCUT2D eigenvalue weighted by Gasteiger charge is 2.53. The molecule has 15 atom stereocenters. The number of esters is 1. The van der Waals surface area contributed by atoms with Gasteiger partial charge >= 0.3 is 5.97 Å². The highest BCUT2D eigenvalue weighted by atomic mass is 127. The summed E-state index contributed by atoms with van der Waals surface area (Å²) in [6.45, 7) is 13.1. The fourth-order valence-electron chi connectivity index (χ4n) is 9.97. The number of hydrogen-bond donors (Lipinski definition) is 4. The van der Waals surface area contributed by atoms with Crippen molar-refractivity contribution in [1.29, 1.82) is 0 Å². The van der Waals surface area contributed by atoms with Crippen LogP contribution >= 0.6 is 22.9 Å². The van der Waals surface area contributed by atoms with Gasteiger partial charge in [0, 0.05) is 57.1 Å². The predicted octanol–water partition coefficient (Wildman–Crippen LogP) is 6.75. The smallest absolute Gasteiger partial charge is 0.329 e. The predicted molar refractivity (Wildman–Crippen MR) is 257 cm³/mol. The normalized spacial score (nSPS) is 41.0. The summed E-state index contributed by atoms with van der Waals surface area (Å²) in [4.78, 5) is 57.8. The Balaban J connectivity index is 1.72. The molecular weight excluding hydrogens is 947 g/mol. The average molecular weight is 1030 g/mol. The minimum Gasteiger partial charge on any atom is -0.460 e. The molecular formula is C50H77IN2O12. The van der Waals surface area contributed by atoms with Crippen LogP contribution in [0.4, 0.5) is 0 Å². The van der Waals surface area contributed by atoms with Crippen LogP contribution in [0.3, 0.4) is 0 Å². The molecule has 15 heteroatoms. The SMILES string of the molecule is CO[C@@H]1C[C@H](C[C@@H](C)[C@@H]2C/C(=N/I)[C@H](C)/C=C(\C)[C@@H](O)[C@@H](OC)C(=O)[C@H](C)C[C@H](C)/C=C/C=C/C=C(\C)[C@@H](O)C[C@@H]3CC[C@@H](C)[C@@](O)(O3)C(=O)C(=O)N3CCCC[C@H]3C(=O)O2)CC[C@H]1O. The zero-order valence-electron chi connectivity index (χ0n) is 40.1. The molecule has 2 bridgehead atoms. The first kappa shape index (κ1) is 55.0. The molecule has 0 unspecified atom stereocenters. The van der Waals surface area contributed by atoms with E-state index in [0.29, 0.717) is 68.2 Å². The van der Waals surface area contributed by atoms with Crippen molar-refractivity contribution in [1.82, 2.24) is 4.90 Å². The largest absolute Gasteiger partial charge is 0.460 e. The van der Waals surface area contributed by atoms with Crippen molar-refractivity contribution >= 4 is 52.0 Å². The van der Waals surface area contributed by atoms with Crippen LogP contribution in [-0.2, 0) is 38.1 Å². The number of Topliss-reactive ketones (excluding diaryl/α,β-unsaturated/α-hetero) is 2. The van der Waals surface area contributed by atoms with Gasteiger partial charge in [-0.05, 0) is 107 Å². The number of carbonyl (C=O) groups is 4. The fourth-order valence-corrected chi connectivity index (χ4v) is 10.6. The number of halogens is 1. The van der Waals surface area contributed by atoms with Crippen molar-refractivity contribution in [2.24, 2.45) is 38.7 Å². The Morgan fingerprint density at radius 2 is 1.63 bits per heavy atom. The highest BCUT2D eigenvalue weighted by molar-refractivity contribution is 14.1. The molecule has 3 aliphatic heterocycles. The third-order valence-electron chi connectivity index (χ3n) is 14.4. The number of ketones is 2. The zero-order chi connectivity index (χ0) is 48.2. The molecule has 0 aromatic rings. The van der Waals surface area contributed by atoms with E-state index in [0.717, 1.165) is 6.42 Å². The Kier molecular flexibility index (Phi) is 21.7. The van der Waals surface area contributed by atoms with Crippen LogP contribution in [0, 0.1) is 35.5 Å². The Labute approximate surface area is 400 Å². The number of fused-ring (bicyclic) bond motifs is 3. The molecule has 14 nitrogen and oxygen atoms in total. The molecule has 3 fully saturated rings. The first-order chi connectivity index (χ1) is 30.7. The lowest BCUT2D eigenvalue weighted by Crippen LogP contribution is -2.61. The molecule has 4 rings (SSSR count). The number of piperidine rings is 1. The number of cyclic esters (lactones) is 1. The number of allylic oxidation sites excluding steroid dienone is 6. The molecule has 366 valence electrons. The van der Waals surface area contributed by atoms with Crippen molar-refractivity contribution in [2.45, 2.75) is 180 Å². The Morgan fingerprint density at radius 3 is 2.31 bits per heavy atom. The van der Waals surface area contributed by atoms with Crippen molar-refractivity contribution in [2.75, 3.05) is 20.8 Å². The van der Waals surface area contributed by atoms with Gasteiger partial charge in [0.25, 0.3) is 11.7 Å². The zero-order valence-corrected chi connectivity index (χ0v) is 42.2. The van der Waals surface area contributed by atoms with Crippen molar-refractivity contribution in [3.05, 3.63) is 47.6 Å². The molecule has 4 aliphatic rings. The second-order valence-corrected chi connectivity index (χ2v) is 20.0. The van der Waals surface area contributed by atoms with E-state index in [1.807, 2.05) is 74.9 Å². The fraction of sp³-hybridized carbons (Fsp3) is 0.740. The van der Waals surface area contributed by atoms with Gasteiger partial charge in [-0.25, -0.2) is 8.00 Å². The lowest BCUT2D eigenvalue weighted by Gasteiger charge is -2.42. The molecule has 2 saturated heterocycles. The van der Waals surface area contributed by atoms with E-state index >= 15 is 0 Å². The molecule has 4 N–H and O–H groups in total. The van der Waals surface area contributed by atoms with Crippen LogP contribution in [0.2, 0.25) is 0 Å². The van der Waals surface area contributed by atoms with Crippen LogP contribution in [0.5, 0.6) is 0 Å². The van der Waals surface area contributed by atoms with Gasteiger partial charge < -0.3 is 44.3 Å². The lowest BCUT2D eigenvalue weighted by molar-refractivity contribution is -0.265. The maximum atomic E-state index is 14.5. The Bertz CT molecular complexity index is 1780. The number of ether oxygens (including phenoxy) is 4. The van der Waals surface area contributed by atoms with Gasteiger partial charge in [0.1, 0.15) is 24.4 Å². The number of methoxy groups -OCH3 is 2. The van der Waals surface area contributed by atoms with Gasteiger partial charge in [0.15, 0.2) is 5.78 Å². The van der Waals surface area contributed by atoms with E-state index in [-0.39, 0.29) is 61.4 Å². The van der Waals surface area contributed by atoms with Gasteiger partial charge in [0.2, 0.25) is 5.79 Å². The van der Waals surface area contributed by atoms with Crippen LogP contribution in [0.1, 0.15) is 126 Å². The molecule has 0 radical (unpaired) electrons. The van der Waals surface area contributed by atoms with Gasteiger partial charge in [-0.3, -0.25) is 14.4 Å². The second-order valence-electron chi connectivity index (χ2n) is 19.5. The number of hydrogen-bond acceptors (Lipinski definition) is 13. The minimum absolute atomic E-state index is 0.0227. The van der Waals surface area contributed by atoms with Gasteiger partial charge in [-0.15, -0.1) is 0 Å². The van der Waals surface area contributed by atoms with Crippen molar-refractivity contribution < 1.29 is 58.6 Å². The van der Waals surface area contributed by atoms with E-state index < -0.39 is 77.9 Å². The van der Waals surface area contributed by atoms with Gasteiger partial charge in [0.05, 0.1) is 47.3 Å². The maximum Gasteiger partial charge on any atom is 0.329 e. The maximum absolute atomic E-state index is 14.5. The molecule has 65 heavy (non-hydrogen) atoms. The van der Waals surface area contributed by atoms with Crippen LogP contribution in [-0.4, -0.2) is 130 Å². The average Bonchev–Trinajstić information content (AvgIpc) is 3.28. The summed E-state index contributed by atoms with van der Waals surface area (Å²) in [5.41, 5.74) is 1.83. The summed E-state index contributed by atoms with van der Waals surface area (Å²) < 4.78 is 28.3. The third kappa shape index (κ3) is 14.7. The molecule has 0 aromatic carbocycles. The summed E-state index contributed by atoms with van der Waals surface area (Å²) in [6, 6.07) is -1.09. The highest BCUT2D eigenvalue weighted by Crippen LogP contribution is 2.37. The van der Waals surface area contributed by atoms with Crippen molar-refractivity contribution in [3.63, 3.8) is 0 Å². The number of aliphatic hydroxyl groups is 4. The van der Waals surface area contributed by atoms with E-state index in [4.69, 9.17) is 18.9 Å². The minimum atomic E-state index is -2.46. The number of aliphatic hydroxyl groups excluding tert-OH is 3. The van der Waals surface area contributed by atoms with E-state index in [1.54, 1.807) is 40.0 Å². The monoisotopic (exact) mass is 1020 g/mol. The van der Waals surface area contributed by atoms with Crippen molar-refractivity contribution in [3.8, 4) is 0 Å². The number of nitrogens with zero attached hydrogens (tertiary/aromatic N) is 2. The molecule has 1 aliphatic carbocycles. The molecule has 0 spiro atoms. The summed E-state index contributed by atoms with van der Waals surface area (Å²) in [5.74, 6) is -7.00. The van der Waals surface area contributed by atoms with Gasteiger partial charge in [-0.1, -0.05) is 71.1 Å². The lowest BCUT2D eigenvalue weighted by atomic mass is 9.78. The van der Waals surface area contributed by atoms with Crippen LogP contribution in [0.15, 0.2) is 50.8 Å². The van der Waals surface area contributed by atoms with Gasteiger partial charge in [-0.2, -0.15) is 0 Å². The Hall–Kier alpha value is -2.64. The molecule has 1 amide bonds. The quantitative estimate of drug-likeness (QED) is 0.0979. The van der Waals surface area contributed by atoms with E-state index in [2.05, 4.69) is 3.21 Å². The third-order valence-corrected chi connectivity index (χ3v) is 15.0. The van der Waals surface area contributed by atoms with E-state index in [9.17, 15) is 39.6 Å². The topological polar surface area (TPSA) is 202 Å². The number of carbonyl (C=O) groups excluding carboxylic acids is 4. The summed E-state index contributed by atoms with van der Waals surface area (Å²) in [7, 11) is 3.01. The second kappa shape index (κ2) is 25.6. The summed E-state index contributed by atoms with van der Waals surface area (Å²) >= 11 is 1.93. The molecule has 3 heterocycles. The van der Waals surface area contributed by atoms with E-state index in [1.165, 1.54) is 12.0 Å². The molecule has 1 saturated carbocycles. The number of rotatable bonds is 5.